The molecule has 2 aromatic rings. The molecular weight excluding hydrogens is 317 g/mol. The van der Waals surface area contributed by atoms with E-state index in [0.29, 0.717) is 18.1 Å². The van der Waals surface area contributed by atoms with Gasteiger partial charge in [-0.15, -0.1) is 5.10 Å². The molecule has 0 spiro atoms. The van der Waals surface area contributed by atoms with Gasteiger partial charge in [0.25, 0.3) is 0 Å². The molecule has 6 nitrogen and oxygen atoms in total. The normalized spacial score (nSPS) is 10.6. The van der Waals surface area contributed by atoms with Crippen molar-refractivity contribution in [2.24, 2.45) is 0 Å². The van der Waals surface area contributed by atoms with E-state index in [-0.39, 0.29) is 5.97 Å². The molecule has 0 saturated carbocycles. The standard InChI is InChI=1S/C18H26BN3O3/c1-3-4-9-22-13-16(20-21-22)6-5-10-24-18-11-15(12-19)7-8-17(18)25-14(2)23/h7-8,11,13H,3-6,9-10,12,19H2,1-2H3. The predicted octanol–water partition coefficient (Wildman–Crippen LogP) is 2.15. The summed E-state index contributed by atoms with van der Waals surface area (Å²) in [6.07, 6.45) is 6.78. The maximum atomic E-state index is 11.2. The summed E-state index contributed by atoms with van der Waals surface area (Å²) in [7, 11) is 2.08. The number of carbonyl (C=O) groups is 1. The van der Waals surface area contributed by atoms with E-state index in [2.05, 4.69) is 25.1 Å². The second-order valence-corrected chi connectivity index (χ2v) is 6.01. The Morgan fingerprint density at radius 3 is 2.84 bits per heavy atom. The fraction of sp³-hybridized carbons (Fsp3) is 0.500. The van der Waals surface area contributed by atoms with Crippen molar-refractivity contribution < 1.29 is 14.3 Å². The van der Waals surface area contributed by atoms with Gasteiger partial charge in [0, 0.05) is 19.7 Å². The molecule has 0 bridgehead atoms. The lowest BCUT2D eigenvalue weighted by Gasteiger charge is -2.12. The van der Waals surface area contributed by atoms with Crippen LogP contribution in [0.2, 0.25) is 0 Å². The quantitative estimate of drug-likeness (QED) is 0.286. The van der Waals surface area contributed by atoms with Crippen LogP contribution in [0.4, 0.5) is 0 Å². The van der Waals surface area contributed by atoms with E-state index in [1.165, 1.54) is 6.92 Å². The van der Waals surface area contributed by atoms with Crippen LogP contribution in [0.5, 0.6) is 11.5 Å². The Kier molecular flexibility index (Phi) is 7.50. The number of hydrogen-bond acceptors (Lipinski definition) is 5. The lowest BCUT2D eigenvalue weighted by molar-refractivity contribution is -0.132. The van der Waals surface area contributed by atoms with Crippen LogP contribution < -0.4 is 9.47 Å². The molecule has 2 rings (SSSR count). The Labute approximate surface area is 149 Å². The fourth-order valence-electron chi connectivity index (χ4n) is 2.44. The number of carbonyl (C=O) groups excluding carboxylic acids is 1. The van der Waals surface area contributed by atoms with Crippen LogP contribution in [-0.2, 0) is 24.1 Å². The highest BCUT2D eigenvalue weighted by molar-refractivity contribution is 6.08. The molecule has 1 aromatic carbocycles. The van der Waals surface area contributed by atoms with Gasteiger partial charge in [-0.3, -0.25) is 9.48 Å². The summed E-state index contributed by atoms with van der Waals surface area (Å²) in [5.41, 5.74) is 2.12. The third-order valence-electron chi connectivity index (χ3n) is 3.83. The van der Waals surface area contributed by atoms with Crippen molar-refractivity contribution in [1.82, 2.24) is 15.0 Å². The first kappa shape index (κ1) is 19.0. The van der Waals surface area contributed by atoms with Crippen molar-refractivity contribution in [2.45, 2.75) is 52.4 Å². The van der Waals surface area contributed by atoms with Gasteiger partial charge in [0.1, 0.15) is 7.85 Å². The molecule has 0 aliphatic carbocycles. The fourth-order valence-corrected chi connectivity index (χ4v) is 2.44. The van der Waals surface area contributed by atoms with Crippen molar-refractivity contribution in [2.75, 3.05) is 6.61 Å². The van der Waals surface area contributed by atoms with Crippen LogP contribution in [0.25, 0.3) is 0 Å². The van der Waals surface area contributed by atoms with Crippen LogP contribution in [0.1, 0.15) is 44.4 Å². The number of hydrogen-bond donors (Lipinski definition) is 0. The summed E-state index contributed by atoms with van der Waals surface area (Å²) in [6, 6.07) is 5.66. The molecule has 1 aromatic heterocycles. The highest BCUT2D eigenvalue weighted by atomic mass is 16.6. The highest BCUT2D eigenvalue weighted by Crippen LogP contribution is 2.29. The largest absolute Gasteiger partial charge is 0.490 e. The van der Waals surface area contributed by atoms with E-state index in [0.717, 1.165) is 49.8 Å². The lowest BCUT2D eigenvalue weighted by Crippen LogP contribution is -2.06. The Morgan fingerprint density at radius 1 is 1.28 bits per heavy atom. The number of aryl methyl sites for hydroxylation is 2. The van der Waals surface area contributed by atoms with Crippen LogP contribution in [-0.4, -0.2) is 35.4 Å². The smallest absolute Gasteiger partial charge is 0.308 e. The van der Waals surface area contributed by atoms with Gasteiger partial charge in [-0.25, -0.2) is 0 Å². The zero-order valence-corrected chi connectivity index (χ0v) is 15.3. The second kappa shape index (κ2) is 9.86. The molecule has 0 aliphatic rings. The maximum Gasteiger partial charge on any atom is 0.308 e. The number of unbranched alkanes of at least 4 members (excludes halogenated alkanes) is 1. The Hall–Kier alpha value is -2.31. The van der Waals surface area contributed by atoms with Crippen LogP contribution >= 0.6 is 0 Å². The number of esters is 1. The first-order valence-corrected chi connectivity index (χ1v) is 8.95. The molecule has 0 aliphatic heterocycles. The Bertz CT molecular complexity index is 688. The van der Waals surface area contributed by atoms with Gasteiger partial charge in [0.2, 0.25) is 0 Å². The van der Waals surface area contributed by atoms with Crippen molar-refractivity contribution in [3.8, 4) is 11.5 Å². The molecule has 0 saturated heterocycles. The molecule has 0 fully saturated rings. The average molecular weight is 343 g/mol. The molecular formula is C18H26BN3O3. The van der Waals surface area contributed by atoms with E-state index >= 15 is 0 Å². The minimum Gasteiger partial charge on any atom is -0.490 e. The van der Waals surface area contributed by atoms with Crippen molar-refractivity contribution >= 4 is 13.8 Å². The number of ether oxygens (including phenoxy) is 2. The number of aromatic nitrogens is 3. The van der Waals surface area contributed by atoms with Gasteiger partial charge in [0.05, 0.1) is 12.3 Å². The van der Waals surface area contributed by atoms with Crippen molar-refractivity contribution in [3.63, 3.8) is 0 Å². The van der Waals surface area contributed by atoms with Gasteiger partial charge in [-0.1, -0.05) is 36.5 Å². The molecule has 7 heteroatoms. The van der Waals surface area contributed by atoms with Crippen molar-refractivity contribution in [3.05, 3.63) is 35.7 Å². The predicted molar refractivity (Wildman–Crippen MR) is 98.7 cm³/mol. The second-order valence-electron chi connectivity index (χ2n) is 6.01. The zero-order valence-electron chi connectivity index (χ0n) is 15.3. The zero-order chi connectivity index (χ0) is 18.1. The van der Waals surface area contributed by atoms with Crippen molar-refractivity contribution in [1.29, 1.82) is 0 Å². The average Bonchev–Trinajstić information content (AvgIpc) is 3.05. The maximum absolute atomic E-state index is 11.2. The Balaban J connectivity index is 1.86. The highest BCUT2D eigenvalue weighted by Gasteiger charge is 2.09. The third-order valence-corrected chi connectivity index (χ3v) is 3.83. The molecule has 0 N–H and O–H groups in total. The van der Waals surface area contributed by atoms with Gasteiger partial charge < -0.3 is 9.47 Å². The number of benzene rings is 1. The van der Waals surface area contributed by atoms with Crippen LogP contribution in [0, 0.1) is 0 Å². The first-order valence-electron chi connectivity index (χ1n) is 8.95. The van der Waals surface area contributed by atoms with E-state index in [1.54, 1.807) is 6.07 Å². The summed E-state index contributed by atoms with van der Waals surface area (Å²) in [5, 5.41) is 8.31. The summed E-state index contributed by atoms with van der Waals surface area (Å²) >= 11 is 0. The topological polar surface area (TPSA) is 66.2 Å². The van der Waals surface area contributed by atoms with Gasteiger partial charge in [-0.2, -0.15) is 0 Å². The van der Waals surface area contributed by atoms with Gasteiger partial charge in [0.15, 0.2) is 11.5 Å². The van der Waals surface area contributed by atoms with E-state index in [9.17, 15) is 4.79 Å². The molecule has 1 heterocycles. The monoisotopic (exact) mass is 343 g/mol. The van der Waals surface area contributed by atoms with Crippen LogP contribution in [0.15, 0.2) is 24.4 Å². The SMILES string of the molecule is BCc1ccc(OC(C)=O)c(OCCCc2cn(CCCC)nn2)c1. The number of rotatable bonds is 10. The van der Waals surface area contributed by atoms with E-state index < -0.39 is 0 Å². The molecule has 25 heavy (non-hydrogen) atoms. The minimum atomic E-state index is -0.349. The van der Waals surface area contributed by atoms with Gasteiger partial charge >= 0.3 is 5.97 Å². The first-order chi connectivity index (χ1) is 12.1. The van der Waals surface area contributed by atoms with E-state index in [1.807, 2.05) is 23.0 Å². The summed E-state index contributed by atoms with van der Waals surface area (Å²) in [5.74, 6) is 0.731. The molecule has 0 amide bonds. The summed E-state index contributed by atoms with van der Waals surface area (Å²) < 4.78 is 12.9. The lowest BCUT2D eigenvalue weighted by atomic mass is 9.97. The molecule has 0 atom stereocenters. The van der Waals surface area contributed by atoms with E-state index in [4.69, 9.17) is 9.47 Å². The third kappa shape index (κ3) is 6.25. The summed E-state index contributed by atoms with van der Waals surface area (Å²) in [6.45, 7) is 4.99. The molecule has 0 unspecified atom stereocenters. The summed E-state index contributed by atoms with van der Waals surface area (Å²) in [4.78, 5) is 11.2. The van der Waals surface area contributed by atoms with Crippen LogP contribution in [0.3, 0.4) is 0 Å². The molecule has 0 radical (unpaired) electrons. The number of nitrogens with zero attached hydrogens (tertiary/aromatic N) is 3. The molecule has 134 valence electrons. The van der Waals surface area contributed by atoms with Gasteiger partial charge in [-0.05, 0) is 31.4 Å². The minimum absolute atomic E-state index is 0.349. The Morgan fingerprint density at radius 2 is 2.12 bits per heavy atom.